The molecule has 5 heteroatoms. The van der Waals surface area contributed by atoms with Crippen LogP contribution in [0.15, 0.2) is 41.8 Å². The fourth-order valence-corrected chi connectivity index (χ4v) is 3.19. The third-order valence-corrected chi connectivity index (χ3v) is 4.43. The molecule has 0 atom stereocenters. The molecular formula is C16H15FN2OS. The number of carbonyl (C=O) groups is 1. The van der Waals surface area contributed by atoms with Crippen molar-refractivity contribution in [2.75, 3.05) is 7.05 Å². The molecule has 108 valence electrons. The molecule has 3 aromatic rings. The van der Waals surface area contributed by atoms with Crippen LogP contribution in [0.5, 0.6) is 0 Å². The summed E-state index contributed by atoms with van der Waals surface area (Å²) in [7, 11) is 3.55. The fraction of sp³-hybridized carbons (Fsp3) is 0.188. The topological polar surface area (TPSA) is 25.2 Å². The van der Waals surface area contributed by atoms with E-state index in [4.69, 9.17) is 0 Å². The van der Waals surface area contributed by atoms with Crippen molar-refractivity contribution >= 4 is 28.1 Å². The summed E-state index contributed by atoms with van der Waals surface area (Å²) in [6, 6.07) is 10.5. The first-order chi connectivity index (χ1) is 10.1. The molecule has 1 amide bonds. The van der Waals surface area contributed by atoms with E-state index >= 15 is 0 Å². The molecule has 0 spiro atoms. The zero-order chi connectivity index (χ0) is 15.0. The van der Waals surface area contributed by atoms with Crippen molar-refractivity contribution in [1.82, 2.24) is 9.47 Å². The number of amides is 1. The highest BCUT2D eigenvalue weighted by atomic mass is 32.1. The van der Waals surface area contributed by atoms with Gasteiger partial charge in [-0.25, -0.2) is 4.39 Å². The molecule has 0 saturated heterocycles. The molecule has 0 bridgehead atoms. The first-order valence-corrected chi connectivity index (χ1v) is 7.47. The van der Waals surface area contributed by atoms with Crippen LogP contribution in [-0.4, -0.2) is 22.4 Å². The van der Waals surface area contributed by atoms with Crippen LogP contribution < -0.4 is 0 Å². The molecule has 0 N–H and O–H groups in total. The number of hydrogen-bond acceptors (Lipinski definition) is 2. The van der Waals surface area contributed by atoms with Crippen molar-refractivity contribution in [2.24, 2.45) is 7.05 Å². The molecule has 0 aliphatic heterocycles. The summed E-state index contributed by atoms with van der Waals surface area (Å²) < 4.78 is 15.6. The lowest BCUT2D eigenvalue weighted by Crippen LogP contribution is -2.27. The van der Waals surface area contributed by atoms with E-state index in [0.29, 0.717) is 17.6 Å². The zero-order valence-corrected chi connectivity index (χ0v) is 12.7. The van der Waals surface area contributed by atoms with Crippen LogP contribution in [0.1, 0.15) is 15.4 Å². The third-order valence-electron chi connectivity index (χ3n) is 3.57. The lowest BCUT2D eigenvalue weighted by molar-refractivity contribution is 0.0777. The average Bonchev–Trinajstić information content (AvgIpc) is 3.08. The number of aromatic nitrogens is 1. The van der Waals surface area contributed by atoms with Gasteiger partial charge >= 0.3 is 0 Å². The Morgan fingerprint density at radius 3 is 2.81 bits per heavy atom. The molecule has 0 unspecified atom stereocenters. The number of thiophene rings is 1. The second-order valence-electron chi connectivity index (χ2n) is 5.00. The fourth-order valence-electron chi connectivity index (χ4n) is 2.43. The van der Waals surface area contributed by atoms with Gasteiger partial charge in [0.05, 0.1) is 12.1 Å². The largest absolute Gasteiger partial charge is 0.340 e. The number of rotatable bonds is 3. The highest BCUT2D eigenvalue weighted by Gasteiger charge is 2.19. The van der Waals surface area contributed by atoms with Crippen molar-refractivity contribution in [2.45, 2.75) is 6.54 Å². The summed E-state index contributed by atoms with van der Waals surface area (Å²) in [4.78, 5) is 15.3. The zero-order valence-electron chi connectivity index (χ0n) is 11.8. The molecular weight excluding hydrogens is 287 g/mol. The smallest absolute Gasteiger partial charge is 0.270 e. The van der Waals surface area contributed by atoms with Gasteiger partial charge in [0.1, 0.15) is 11.5 Å². The van der Waals surface area contributed by atoms with Crippen LogP contribution in [0.3, 0.4) is 0 Å². The van der Waals surface area contributed by atoms with E-state index in [0.717, 1.165) is 10.4 Å². The lowest BCUT2D eigenvalue weighted by atomic mass is 10.2. The number of nitrogens with zero attached hydrogens (tertiary/aromatic N) is 2. The van der Waals surface area contributed by atoms with Crippen molar-refractivity contribution in [3.63, 3.8) is 0 Å². The standard InChI is InChI=1S/C16H15FN2OS/c1-18(10-11-5-4-8-21-11)16(20)15-9-12-13(17)6-3-7-14(12)19(15)2/h3-9H,10H2,1-2H3. The number of carbonyl (C=O) groups excluding carboxylic acids is 1. The van der Waals surface area contributed by atoms with Crippen LogP contribution in [-0.2, 0) is 13.6 Å². The summed E-state index contributed by atoms with van der Waals surface area (Å²) in [6.07, 6.45) is 0. The van der Waals surface area contributed by atoms with Crippen molar-refractivity contribution in [1.29, 1.82) is 0 Å². The molecule has 0 radical (unpaired) electrons. The molecule has 2 heterocycles. The number of halogens is 1. The minimum absolute atomic E-state index is 0.110. The maximum Gasteiger partial charge on any atom is 0.270 e. The SMILES string of the molecule is CN(Cc1cccs1)C(=O)c1cc2c(F)cccc2n1C. The lowest BCUT2D eigenvalue weighted by Gasteiger charge is -2.16. The highest BCUT2D eigenvalue weighted by molar-refractivity contribution is 7.09. The van der Waals surface area contributed by atoms with E-state index in [-0.39, 0.29) is 11.7 Å². The van der Waals surface area contributed by atoms with Gasteiger partial charge in [-0.15, -0.1) is 11.3 Å². The Labute approximate surface area is 126 Å². The molecule has 0 aliphatic rings. The van der Waals surface area contributed by atoms with Gasteiger partial charge < -0.3 is 9.47 Å². The van der Waals surface area contributed by atoms with Crippen LogP contribution >= 0.6 is 11.3 Å². The maximum atomic E-state index is 13.8. The van der Waals surface area contributed by atoms with Gasteiger partial charge in [-0.2, -0.15) is 0 Å². The molecule has 0 saturated carbocycles. The molecule has 3 rings (SSSR count). The molecule has 1 aromatic carbocycles. The van der Waals surface area contributed by atoms with Crippen LogP contribution in [0, 0.1) is 5.82 Å². The molecule has 0 aliphatic carbocycles. The monoisotopic (exact) mass is 302 g/mol. The highest BCUT2D eigenvalue weighted by Crippen LogP contribution is 2.23. The summed E-state index contributed by atoms with van der Waals surface area (Å²) >= 11 is 1.61. The van der Waals surface area contributed by atoms with Crippen molar-refractivity contribution in [3.8, 4) is 0 Å². The Hall–Kier alpha value is -2.14. The minimum Gasteiger partial charge on any atom is -0.340 e. The Balaban J connectivity index is 1.94. The van der Waals surface area contributed by atoms with Crippen LogP contribution in [0.4, 0.5) is 4.39 Å². The Morgan fingerprint density at radius 2 is 2.14 bits per heavy atom. The quantitative estimate of drug-likeness (QED) is 0.725. The van der Waals surface area contributed by atoms with Gasteiger partial charge in [-0.05, 0) is 29.6 Å². The van der Waals surface area contributed by atoms with Gasteiger partial charge in [0, 0.05) is 24.4 Å². The summed E-state index contributed by atoms with van der Waals surface area (Å²) in [5.41, 5.74) is 1.22. The maximum absolute atomic E-state index is 13.8. The number of fused-ring (bicyclic) bond motifs is 1. The normalized spacial score (nSPS) is 11.0. The van der Waals surface area contributed by atoms with E-state index in [1.54, 1.807) is 47.0 Å². The van der Waals surface area contributed by atoms with E-state index < -0.39 is 0 Å². The minimum atomic E-state index is -0.303. The van der Waals surface area contributed by atoms with Crippen molar-refractivity contribution < 1.29 is 9.18 Å². The van der Waals surface area contributed by atoms with Gasteiger partial charge in [-0.3, -0.25) is 4.79 Å². The van der Waals surface area contributed by atoms with Gasteiger partial charge in [0.2, 0.25) is 0 Å². The Morgan fingerprint density at radius 1 is 1.33 bits per heavy atom. The van der Waals surface area contributed by atoms with Gasteiger partial charge in [0.15, 0.2) is 0 Å². The summed E-state index contributed by atoms with van der Waals surface area (Å²) in [6.45, 7) is 0.556. The van der Waals surface area contributed by atoms with E-state index in [2.05, 4.69) is 0 Å². The number of benzene rings is 1. The molecule has 3 nitrogen and oxygen atoms in total. The molecule has 0 fully saturated rings. The predicted molar refractivity (Wildman–Crippen MR) is 83.0 cm³/mol. The number of aryl methyl sites for hydroxylation is 1. The first kappa shape index (κ1) is 13.8. The predicted octanol–water partition coefficient (Wildman–Crippen LogP) is 3.65. The van der Waals surface area contributed by atoms with E-state index in [9.17, 15) is 9.18 Å². The van der Waals surface area contributed by atoms with Gasteiger partial charge in [0.25, 0.3) is 5.91 Å². The van der Waals surface area contributed by atoms with Crippen molar-refractivity contribution in [3.05, 3.63) is 58.2 Å². The van der Waals surface area contributed by atoms with E-state index in [1.165, 1.54) is 6.07 Å². The van der Waals surface area contributed by atoms with Crippen LogP contribution in [0.2, 0.25) is 0 Å². The van der Waals surface area contributed by atoms with Crippen LogP contribution in [0.25, 0.3) is 10.9 Å². The molecule has 2 aromatic heterocycles. The van der Waals surface area contributed by atoms with Gasteiger partial charge in [-0.1, -0.05) is 12.1 Å². The number of hydrogen-bond donors (Lipinski definition) is 0. The average molecular weight is 302 g/mol. The molecule has 21 heavy (non-hydrogen) atoms. The summed E-state index contributed by atoms with van der Waals surface area (Å²) in [5, 5.41) is 2.47. The summed E-state index contributed by atoms with van der Waals surface area (Å²) in [5.74, 6) is -0.412. The first-order valence-electron chi connectivity index (χ1n) is 6.59. The Bertz CT molecular complexity index is 792. The third kappa shape index (κ3) is 2.45. The second kappa shape index (κ2) is 5.33. The van der Waals surface area contributed by atoms with E-state index in [1.807, 2.05) is 23.6 Å². The Kier molecular flexibility index (Phi) is 3.51. The second-order valence-corrected chi connectivity index (χ2v) is 6.03.